The molecule has 0 spiro atoms. The number of pyridine rings is 1. The lowest BCUT2D eigenvalue weighted by Gasteiger charge is -2.17. The third kappa shape index (κ3) is 3.71. The summed E-state index contributed by atoms with van der Waals surface area (Å²) in [7, 11) is 0. The van der Waals surface area contributed by atoms with Gasteiger partial charge in [0.2, 0.25) is 0 Å². The molecule has 0 unspecified atom stereocenters. The molecule has 164 valence electrons. The van der Waals surface area contributed by atoms with Crippen molar-refractivity contribution in [2.45, 2.75) is 44.8 Å². The maximum Gasteiger partial charge on any atom is 0.250 e. The van der Waals surface area contributed by atoms with E-state index in [0.717, 1.165) is 36.5 Å². The molecule has 1 saturated carbocycles. The van der Waals surface area contributed by atoms with Crippen molar-refractivity contribution in [3.05, 3.63) is 42.5 Å². The zero-order valence-electron chi connectivity index (χ0n) is 17.4. The van der Waals surface area contributed by atoms with Gasteiger partial charge >= 0.3 is 0 Å². The first-order chi connectivity index (χ1) is 15.5. The van der Waals surface area contributed by atoms with Crippen molar-refractivity contribution in [3.63, 3.8) is 0 Å². The fourth-order valence-electron chi connectivity index (χ4n) is 3.94. The maximum absolute atomic E-state index is 13.1. The van der Waals surface area contributed by atoms with Gasteiger partial charge in [-0.15, -0.1) is 0 Å². The fourth-order valence-corrected chi connectivity index (χ4v) is 3.94. The molecule has 11 heteroatoms. The van der Waals surface area contributed by atoms with E-state index in [1.165, 1.54) is 4.68 Å². The highest BCUT2D eigenvalue weighted by molar-refractivity contribution is 5.96. The summed E-state index contributed by atoms with van der Waals surface area (Å²) < 4.78 is 14.6. The third-order valence-electron chi connectivity index (χ3n) is 5.58. The molecule has 32 heavy (non-hydrogen) atoms. The lowest BCUT2D eigenvalue weighted by molar-refractivity contribution is 0.182. The summed E-state index contributed by atoms with van der Waals surface area (Å²) in [6, 6.07) is 0.142. The molecule has 4 aromatic heterocycles. The minimum atomic E-state index is -0.522. The number of nitrogens with zero attached hydrogens (tertiary/aromatic N) is 7. The predicted molar refractivity (Wildman–Crippen MR) is 116 cm³/mol. The Bertz CT molecular complexity index is 1270. The number of halogens is 1. The number of nitrogens with two attached hydrogens (primary N) is 1. The van der Waals surface area contributed by atoms with E-state index in [1.54, 1.807) is 18.6 Å². The SMILES string of the molecule is CCc1nc2c(N)ncc(-c3cnn(-c4ncc(F)cn4)c3)c2nc1N[C@@H]1CC[C@H](O)C1. The Morgan fingerprint density at radius 2 is 1.94 bits per heavy atom. The number of nitrogen functional groups attached to an aromatic ring is 1. The standard InChI is InChI=1S/C21H22FN9O/c1-2-16-20(28-13-3-4-14(32)5-13)30-17-15(9-24-19(23)18(17)29-16)11-6-27-31(10-11)21-25-7-12(22)8-26-21/h6-10,13-14,32H,2-5H2,1H3,(H2,23,24)(H,28,30)/t13-,14+/m1/s1. The number of aliphatic hydroxyl groups excluding tert-OH is 1. The minimum Gasteiger partial charge on any atom is -0.393 e. The van der Waals surface area contributed by atoms with Gasteiger partial charge < -0.3 is 16.2 Å². The monoisotopic (exact) mass is 435 g/mol. The molecule has 5 rings (SSSR count). The van der Waals surface area contributed by atoms with Crippen LogP contribution in [0.3, 0.4) is 0 Å². The summed E-state index contributed by atoms with van der Waals surface area (Å²) in [5.74, 6) is 0.696. The van der Waals surface area contributed by atoms with Crippen LogP contribution < -0.4 is 11.1 Å². The van der Waals surface area contributed by atoms with Gasteiger partial charge in [0.25, 0.3) is 5.95 Å². The van der Waals surface area contributed by atoms with Gasteiger partial charge in [-0.2, -0.15) is 5.10 Å². The van der Waals surface area contributed by atoms with E-state index in [1.807, 2.05) is 6.92 Å². The van der Waals surface area contributed by atoms with Gasteiger partial charge in [-0.3, -0.25) is 0 Å². The van der Waals surface area contributed by atoms with Crippen molar-refractivity contribution in [1.29, 1.82) is 0 Å². The van der Waals surface area contributed by atoms with Crippen molar-refractivity contribution in [2.75, 3.05) is 11.1 Å². The molecule has 0 amide bonds. The molecule has 0 radical (unpaired) electrons. The minimum absolute atomic E-state index is 0.142. The van der Waals surface area contributed by atoms with Gasteiger partial charge in [0.15, 0.2) is 11.6 Å². The van der Waals surface area contributed by atoms with Crippen LogP contribution in [0.1, 0.15) is 31.9 Å². The average Bonchev–Trinajstić information content (AvgIpc) is 3.43. The molecule has 1 fully saturated rings. The zero-order valence-corrected chi connectivity index (χ0v) is 17.4. The molecule has 0 aliphatic heterocycles. The maximum atomic E-state index is 13.1. The summed E-state index contributed by atoms with van der Waals surface area (Å²) in [4.78, 5) is 21.8. The molecular formula is C21H22FN9O. The van der Waals surface area contributed by atoms with E-state index in [4.69, 9.17) is 15.7 Å². The number of nitrogens with one attached hydrogen (secondary N) is 1. The van der Waals surface area contributed by atoms with Crippen LogP contribution in [-0.4, -0.2) is 52.0 Å². The number of aryl methyl sites for hydroxylation is 1. The number of hydrogen-bond donors (Lipinski definition) is 3. The summed E-state index contributed by atoms with van der Waals surface area (Å²) in [6.07, 6.45) is 9.86. The topological polar surface area (TPSA) is 141 Å². The Morgan fingerprint density at radius 1 is 1.12 bits per heavy atom. The quantitative estimate of drug-likeness (QED) is 0.430. The first kappa shape index (κ1) is 20.2. The van der Waals surface area contributed by atoms with E-state index < -0.39 is 5.82 Å². The van der Waals surface area contributed by atoms with Crippen LogP contribution in [0.15, 0.2) is 31.0 Å². The van der Waals surface area contributed by atoms with Crippen LogP contribution in [0.2, 0.25) is 0 Å². The number of fused-ring (bicyclic) bond motifs is 1. The smallest absolute Gasteiger partial charge is 0.250 e. The number of hydrogen-bond acceptors (Lipinski definition) is 9. The summed E-state index contributed by atoms with van der Waals surface area (Å²) >= 11 is 0. The van der Waals surface area contributed by atoms with Gasteiger partial charge in [0.1, 0.15) is 16.9 Å². The van der Waals surface area contributed by atoms with Gasteiger partial charge in [0.05, 0.1) is 30.4 Å². The van der Waals surface area contributed by atoms with Gasteiger partial charge in [-0.25, -0.2) is 34.0 Å². The van der Waals surface area contributed by atoms with Crippen LogP contribution in [0.25, 0.3) is 28.1 Å². The van der Waals surface area contributed by atoms with Crippen molar-refractivity contribution in [1.82, 2.24) is 34.7 Å². The van der Waals surface area contributed by atoms with Crippen molar-refractivity contribution in [2.24, 2.45) is 0 Å². The number of aromatic nitrogens is 7. The summed E-state index contributed by atoms with van der Waals surface area (Å²) in [5.41, 5.74) is 9.45. The average molecular weight is 435 g/mol. The number of anilines is 2. The third-order valence-corrected chi connectivity index (χ3v) is 5.58. The lowest BCUT2D eigenvalue weighted by Crippen LogP contribution is -2.19. The van der Waals surface area contributed by atoms with Crippen molar-refractivity contribution < 1.29 is 9.50 Å². The molecule has 1 aliphatic carbocycles. The second kappa shape index (κ2) is 8.08. The van der Waals surface area contributed by atoms with E-state index in [9.17, 15) is 9.50 Å². The van der Waals surface area contributed by atoms with Gasteiger partial charge in [-0.1, -0.05) is 6.92 Å². The molecule has 0 saturated heterocycles. The van der Waals surface area contributed by atoms with Crippen LogP contribution in [0.5, 0.6) is 0 Å². The molecule has 1 aliphatic rings. The highest BCUT2D eigenvalue weighted by atomic mass is 19.1. The van der Waals surface area contributed by atoms with E-state index in [0.29, 0.717) is 41.1 Å². The van der Waals surface area contributed by atoms with E-state index in [2.05, 4.69) is 25.4 Å². The van der Waals surface area contributed by atoms with E-state index in [-0.39, 0.29) is 18.1 Å². The van der Waals surface area contributed by atoms with Crippen LogP contribution in [-0.2, 0) is 6.42 Å². The number of aliphatic hydroxyl groups is 1. The highest BCUT2D eigenvalue weighted by Gasteiger charge is 2.24. The van der Waals surface area contributed by atoms with Gasteiger partial charge in [-0.05, 0) is 25.7 Å². The first-order valence-electron chi connectivity index (χ1n) is 10.4. The van der Waals surface area contributed by atoms with Crippen molar-refractivity contribution in [3.8, 4) is 17.1 Å². The Morgan fingerprint density at radius 3 is 2.66 bits per heavy atom. The second-order valence-electron chi connectivity index (χ2n) is 7.81. The Hall–Kier alpha value is -3.73. The molecule has 0 bridgehead atoms. The van der Waals surface area contributed by atoms with Crippen LogP contribution in [0, 0.1) is 5.82 Å². The summed E-state index contributed by atoms with van der Waals surface area (Å²) in [5, 5.41) is 17.6. The van der Waals surface area contributed by atoms with E-state index >= 15 is 0 Å². The second-order valence-corrected chi connectivity index (χ2v) is 7.81. The normalized spacial score (nSPS) is 18.3. The number of rotatable bonds is 5. The highest BCUT2D eigenvalue weighted by Crippen LogP contribution is 2.31. The molecule has 10 nitrogen and oxygen atoms in total. The molecular weight excluding hydrogens is 413 g/mol. The first-order valence-corrected chi connectivity index (χ1v) is 10.4. The molecule has 4 heterocycles. The van der Waals surface area contributed by atoms with Crippen LogP contribution in [0.4, 0.5) is 16.0 Å². The fraction of sp³-hybridized carbons (Fsp3) is 0.333. The largest absolute Gasteiger partial charge is 0.393 e. The molecule has 0 aromatic carbocycles. The van der Waals surface area contributed by atoms with Crippen LogP contribution >= 0.6 is 0 Å². The molecule has 2 atom stereocenters. The molecule has 4 N–H and O–H groups in total. The predicted octanol–water partition coefficient (Wildman–Crippen LogP) is 2.28. The Balaban J connectivity index is 1.58. The molecule has 4 aromatic rings. The Labute approximate surface area is 182 Å². The van der Waals surface area contributed by atoms with Gasteiger partial charge in [0, 0.05) is 29.6 Å². The zero-order chi connectivity index (χ0) is 22.2. The lowest BCUT2D eigenvalue weighted by atomic mass is 10.1. The Kier molecular flexibility index (Phi) is 5.10. The summed E-state index contributed by atoms with van der Waals surface area (Å²) in [6.45, 7) is 2.00. The van der Waals surface area contributed by atoms with Crippen molar-refractivity contribution >= 4 is 22.7 Å².